The third-order valence-corrected chi connectivity index (χ3v) is 2.98. The minimum Gasteiger partial charge on any atom is -0.478 e. The smallest absolute Gasteiger partial charge is 0.416 e. The van der Waals surface area contributed by atoms with E-state index in [1.165, 1.54) is 25.1 Å². The fourth-order valence-corrected chi connectivity index (χ4v) is 1.85. The minimum absolute atomic E-state index is 0.0518. The van der Waals surface area contributed by atoms with Crippen LogP contribution in [-0.4, -0.2) is 11.1 Å². The van der Waals surface area contributed by atoms with Gasteiger partial charge in [0.1, 0.15) is 11.5 Å². The van der Waals surface area contributed by atoms with Gasteiger partial charge in [-0.15, -0.1) is 0 Å². The first-order valence-electron chi connectivity index (χ1n) is 6.62. The van der Waals surface area contributed by atoms with Crippen molar-refractivity contribution in [1.29, 1.82) is 0 Å². The van der Waals surface area contributed by atoms with Gasteiger partial charge in [-0.2, -0.15) is 13.2 Å². The number of halogens is 3. The Balaban J connectivity index is 2.25. The highest BCUT2D eigenvalue weighted by Gasteiger charge is 2.30. The van der Waals surface area contributed by atoms with E-state index in [0.717, 1.165) is 12.1 Å². The van der Waals surface area contributed by atoms with E-state index in [4.69, 9.17) is 9.84 Å². The summed E-state index contributed by atoms with van der Waals surface area (Å²) >= 11 is 0. The first kappa shape index (κ1) is 16.6. The Morgan fingerprint density at radius 1 is 1.09 bits per heavy atom. The molecule has 0 aliphatic heterocycles. The average Bonchev–Trinajstić information content (AvgIpc) is 2.47. The number of carboxylic acid groups (broad SMARTS) is 1. The summed E-state index contributed by atoms with van der Waals surface area (Å²) in [4.78, 5) is 10.8. The lowest BCUT2D eigenvalue weighted by Gasteiger charge is -2.10. The Morgan fingerprint density at radius 2 is 1.70 bits per heavy atom. The Kier molecular flexibility index (Phi) is 4.74. The fourth-order valence-electron chi connectivity index (χ4n) is 1.85. The zero-order valence-electron chi connectivity index (χ0n) is 12.1. The van der Waals surface area contributed by atoms with Gasteiger partial charge in [0, 0.05) is 5.57 Å². The summed E-state index contributed by atoms with van der Waals surface area (Å²) in [6.07, 6.45) is -3.00. The van der Waals surface area contributed by atoms with Crippen molar-refractivity contribution >= 4 is 12.0 Å². The molecule has 0 heterocycles. The van der Waals surface area contributed by atoms with Crippen LogP contribution in [0, 0.1) is 0 Å². The molecule has 2 aromatic carbocycles. The van der Waals surface area contributed by atoms with Crippen molar-refractivity contribution in [3.63, 3.8) is 0 Å². The first-order valence-corrected chi connectivity index (χ1v) is 6.62. The summed E-state index contributed by atoms with van der Waals surface area (Å²) in [6, 6.07) is 11.0. The highest BCUT2D eigenvalue weighted by molar-refractivity contribution is 5.91. The maximum Gasteiger partial charge on any atom is 0.416 e. The normalized spacial score (nSPS) is 12.1. The summed E-state index contributed by atoms with van der Waals surface area (Å²) in [5, 5.41) is 8.85. The molecule has 0 saturated carbocycles. The van der Waals surface area contributed by atoms with Crippen molar-refractivity contribution < 1.29 is 27.8 Å². The van der Waals surface area contributed by atoms with Gasteiger partial charge in [0.15, 0.2) is 0 Å². The lowest BCUT2D eigenvalue weighted by atomic mass is 10.1. The molecule has 0 aliphatic carbocycles. The van der Waals surface area contributed by atoms with E-state index in [0.29, 0.717) is 11.3 Å². The molecule has 0 saturated heterocycles. The molecule has 0 amide bonds. The lowest BCUT2D eigenvalue weighted by molar-refractivity contribution is -0.137. The van der Waals surface area contributed by atoms with E-state index in [2.05, 4.69) is 0 Å². The van der Waals surface area contributed by atoms with Crippen LogP contribution >= 0.6 is 0 Å². The van der Waals surface area contributed by atoms with Crippen LogP contribution < -0.4 is 4.74 Å². The van der Waals surface area contributed by atoms with E-state index >= 15 is 0 Å². The van der Waals surface area contributed by atoms with Gasteiger partial charge in [0.05, 0.1) is 5.56 Å². The molecule has 0 aliphatic rings. The number of aliphatic carboxylic acids is 1. The van der Waals surface area contributed by atoms with E-state index < -0.39 is 17.7 Å². The van der Waals surface area contributed by atoms with Crippen molar-refractivity contribution in [1.82, 2.24) is 0 Å². The quantitative estimate of drug-likeness (QED) is 0.807. The van der Waals surface area contributed by atoms with Crippen LogP contribution in [0.15, 0.2) is 54.1 Å². The van der Waals surface area contributed by atoms with Gasteiger partial charge in [-0.25, -0.2) is 4.79 Å². The molecule has 0 atom stereocenters. The van der Waals surface area contributed by atoms with E-state index in [1.54, 1.807) is 24.3 Å². The van der Waals surface area contributed by atoms with Crippen LogP contribution in [0.4, 0.5) is 13.2 Å². The maximum absolute atomic E-state index is 12.7. The molecule has 2 aromatic rings. The van der Waals surface area contributed by atoms with Crippen LogP contribution in [0.5, 0.6) is 11.5 Å². The molecule has 120 valence electrons. The van der Waals surface area contributed by atoms with Crippen LogP contribution in [0.1, 0.15) is 18.1 Å². The third-order valence-electron chi connectivity index (χ3n) is 2.98. The molecular weight excluding hydrogens is 309 g/mol. The van der Waals surface area contributed by atoms with Crippen molar-refractivity contribution in [2.45, 2.75) is 13.1 Å². The average molecular weight is 322 g/mol. The summed E-state index contributed by atoms with van der Waals surface area (Å²) in [5.41, 5.74) is -0.0802. The Bertz CT molecular complexity index is 749. The Labute approximate surface area is 130 Å². The molecule has 6 heteroatoms. The number of carbonyl (C=O) groups is 1. The van der Waals surface area contributed by atoms with E-state index in [9.17, 15) is 18.0 Å². The Hall–Kier alpha value is -2.76. The molecular formula is C17H13F3O3. The molecule has 0 aromatic heterocycles. The molecule has 0 radical (unpaired) electrons. The fraction of sp³-hybridized carbons (Fsp3) is 0.118. The van der Waals surface area contributed by atoms with Gasteiger partial charge in [-0.05, 0) is 48.9 Å². The first-order chi connectivity index (χ1) is 10.8. The van der Waals surface area contributed by atoms with Gasteiger partial charge >= 0.3 is 12.1 Å². The standard InChI is InChI=1S/C17H13F3O3/c1-11(16(21)22)8-12-4-2-6-14(9-12)23-15-7-3-5-13(10-15)17(18,19)20/h2-10H,1H3,(H,21,22)/b11-8+. The molecule has 0 spiro atoms. The summed E-state index contributed by atoms with van der Waals surface area (Å²) in [5.74, 6) is -0.679. The second kappa shape index (κ2) is 6.56. The third kappa shape index (κ3) is 4.60. The van der Waals surface area contributed by atoms with Crippen molar-refractivity contribution in [2.75, 3.05) is 0 Å². The van der Waals surface area contributed by atoms with Crippen molar-refractivity contribution in [2.24, 2.45) is 0 Å². The Morgan fingerprint density at radius 3 is 2.30 bits per heavy atom. The van der Waals surface area contributed by atoms with Crippen LogP contribution in [0.2, 0.25) is 0 Å². The lowest BCUT2D eigenvalue weighted by Crippen LogP contribution is -2.04. The number of carboxylic acids is 1. The topological polar surface area (TPSA) is 46.5 Å². The second-order valence-electron chi connectivity index (χ2n) is 4.83. The molecule has 2 rings (SSSR count). The monoisotopic (exact) mass is 322 g/mol. The van der Waals surface area contributed by atoms with Crippen molar-refractivity contribution in [3.05, 3.63) is 65.2 Å². The predicted molar refractivity (Wildman–Crippen MR) is 79.2 cm³/mol. The van der Waals surface area contributed by atoms with Gasteiger partial charge in [-0.3, -0.25) is 0 Å². The zero-order chi connectivity index (χ0) is 17.0. The number of alkyl halides is 3. The van der Waals surface area contributed by atoms with Crippen LogP contribution in [0.25, 0.3) is 6.08 Å². The molecule has 0 bridgehead atoms. The summed E-state index contributed by atoms with van der Waals surface area (Å²) in [7, 11) is 0. The second-order valence-corrected chi connectivity index (χ2v) is 4.83. The minimum atomic E-state index is -4.44. The zero-order valence-corrected chi connectivity index (χ0v) is 12.1. The SMILES string of the molecule is C/C(=C\c1cccc(Oc2cccc(C(F)(F)F)c2)c1)C(=O)O. The summed E-state index contributed by atoms with van der Waals surface area (Å²) < 4.78 is 43.4. The molecule has 0 unspecified atom stereocenters. The van der Waals surface area contributed by atoms with Crippen molar-refractivity contribution in [3.8, 4) is 11.5 Å². The van der Waals surface area contributed by atoms with Crippen LogP contribution in [-0.2, 0) is 11.0 Å². The molecule has 0 fully saturated rings. The number of benzene rings is 2. The summed E-state index contributed by atoms with van der Waals surface area (Å²) in [6.45, 7) is 1.45. The van der Waals surface area contributed by atoms with Gasteiger partial charge in [0.25, 0.3) is 0 Å². The number of rotatable bonds is 4. The van der Waals surface area contributed by atoms with E-state index in [1.807, 2.05) is 0 Å². The maximum atomic E-state index is 12.7. The number of ether oxygens (including phenoxy) is 1. The number of hydrogen-bond donors (Lipinski definition) is 1. The molecule has 23 heavy (non-hydrogen) atoms. The van der Waals surface area contributed by atoms with Crippen LogP contribution in [0.3, 0.4) is 0 Å². The van der Waals surface area contributed by atoms with Gasteiger partial charge in [-0.1, -0.05) is 18.2 Å². The molecule has 3 nitrogen and oxygen atoms in total. The molecule has 1 N–H and O–H groups in total. The highest BCUT2D eigenvalue weighted by atomic mass is 19.4. The van der Waals surface area contributed by atoms with E-state index in [-0.39, 0.29) is 11.3 Å². The highest BCUT2D eigenvalue weighted by Crippen LogP contribution is 2.32. The predicted octanol–water partition coefficient (Wildman–Crippen LogP) is 4.99. The number of hydrogen-bond acceptors (Lipinski definition) is 2. The largest absolute Gasteiger partial charge is 0.478 e. The van der Waals surface area contributed by atoms with Gasteiger partial charge < -0.3 is 9.84 Å². The van der Waals surface area contributed by atoms with Gasteiger partial charge in [0.2, 0.25) is 0 Å².